The standard InChI is InChI=1S/C24H29BrN2O3/c25-21-5-3-20(4-6-21)24(10-15-29-16-11-24)23(28)26-22-7-1-19(2-8-22)9-12-27-13-17-30-18-14-27/h1-8H,9-18H2,(H,26,28). The van der Waals surface area contributed by atoms with E-state index in [4.69, 9.17) is 9.47 Å². The third-order valence-corrected chi connectivity index (χ3v) is 6.74. The quantitative estimate of drug-likeness (QED) is 0.689. The first kappa shape index (κ1) is 21.5. The Balaban J connectivity index is 1.41. The highest BCUT2D eigenvalue weighted by molar-refractivity contribution is 9.10. The minimum atomic E-state index is -0.548. The monoisotopic (exact) mass is 472 g/mol. The molecule has 0 aromatic heterocycles. The molecule has 0 aliphatic carbocycles. The van der Waals surface area contributed by atoms with E-state index in [1.54, 1.807) is 0 Å². The summed E-state index contributed by atoms with van der Waals surface area (Å²) < 4.78 is 12.0. The number of morpholine rings is 1. The Morgan fingerprint density at radius 1 is 0.933 bits per heavy atom. The van der Waals surface area contributed by atoms with Crippen molar-refractivity contribution in [3.8, 4) is 0 Å². The molecule has 2 fully saturated rings. The van der Waals surface area contributed by atoms with Gasteiger partial charge in [0, 0.05) is 43.0 Å². The lowest BCUT2D eigenvalue weighted by molar-refractivity contribution is -0.125. The van der Waals surface area contributed by atoms with E-state index in [1.165, 1.54) is 5.56 Å². The zero-order valence-electron chi connectivity index (χ0n) is 17.2. The molecule has 2 saturated heterocycles. The van der Waals surface area contributed by atoms with Crippen molar-refractivity contribution < 1.29 is 14.3 Å². The first-order valence-corrected chi connectivity index (χ1v) is 11.5. The molecule has 0 saturated carbocycles. The molecule has 0 radical (unpaired) electrons. The number of ether oxygens (including phenoxy) is 2. The van der Waals surface area contributed by atoms with Crippen LogP contribution in [0.2, 0.25) is 0 Å². The van der Waals surface area contributed by atoms with Crippen molar-refractivity contribution in [2.75, 3.05) is 51.4 Å². The van der Waals surface area contributed by atoms with Crippen molar-refractivity contribution in [1.29, 1.82) is 0 Å². The van der Waals surface area contributed by atoms with Gasteiger partial charge in [-0.2, -0.15) is 0 Å². The molecule has 0 bridgehead atoms. The fourth-order valence-electron chi connectivity index (χ4n) is 4.25. The predicted molar refractivity (Wildman–Crippen MR) is 122 cm³/mol. The van der Waals surface area contributed by atoms with E-state index in [0.29, 0.717) is 26.1 Å². The first-order valence-electron chi connectivity index (χ1n) is 10.7. The molecular weight excluding hydrogens is 444 g/mol. The Morgan fingerprint density at radius 2 is 1.57 bits per heavy atom. The van der Waals surface area contributed by atoms with Crippen molar-refractivity contribution in [1.82, 2.24) is 4.90 Å². The van der Waals surface area contributed by atoms with Crippen LogP contribution < -0.4 is 5.32 Å². The van der Waals surface area contributed by atoms with Crippen LogP contribution in [0, 0.1) is 0 Å². The number of nitrogens with zero attached hydrogens (tertiary/aromatic N) is 1. The van der Waals surface area contributed by atoms with Gasteiger partial charge in [0.1, 0.15) is 0 Å². The molecule has 2 aromatic rings. The summed E-state index contributed by atoms with van der Waals surface area (Å²) >= 11 is 3.49. The third kappa shape index (κ3) is 5.11. The second kappa shape index (κ2) is 10.1. The Hall–Kier alpha value is -1.73. The Labute approximate surface area is 186 Å². The highest BCUT2D eigenvalue weighted by atomic mass is 79.9. The molecule has 6 heteroatoms. The van der Waals surface area contributed by atoms with Gasteiger partial charge in [0.2, 0.25) is 5.91 Å². The van der Waals surface area contributed by atoms with E-state index in [9.17, 15) is 4.79 Å². The normalized spacial score (nSPS) is 19.4. The molecule has 0 unspecified atom stereocenters. The van der Waals surface area contributed by atoms with Crippen LogP contribution in [0.4, 0.5) is 5.69 Å². The van der Waals surface area contributed by atoms with E-state index in [-0.39, 0.29) is 5.91 Å². The second-order valence-corrected chi connectivity index (χ2v) is 8.97. The number of rotatable bonds is 6. The van der Waals surface area contributed by atoms with Crippen LogP contribution >= 0.6 is 15.9 Å². The summed E-state index contributed by atoms with van der Waals surface area (Å²) in [5.74, 6) is 0.0502. The topological polar surface area (TPSA) is 50.8 Å². The Bertz CT molecular complexity index is 827. The summed E-state index contributed by atoms with van der Waals surface area (Å²) in [6.07, 6.45) is 2.39. The van der Waals surface area contributed by atoms with Crippen LogP contribution in [0.3, 0.4) is 0 Å². The molecule has 2 aromatic carbocycles. The molecule has 5 nitrogen and oxygen atoms in total. The number of benzene rings is 2. The van der Waals surface area contributed by atoms with E-state index in [0.717, 1.165) is 55.0 Å². The lowest BCUT2D eigenvalue weighted by Gasteiger charge is -2.36. The van der Waals surface area contributed by atoms with Crippen LogP contribution in [0.15, 0.2) is 53.0 Å². The van der Waals surface area contributed by atoms with Crippen LogP contribution in [-0.2, 0) is 26.1 Å². The van der Waals surface area contributed by atoms with Crippen LogP contribution in [0.1, 0.15) is 24.0 Å². The molecule has 30 heavy (non-hydrogen) atoms. The number of hydrogen-bond acceptors (Lipinski definition) is 4. The number of halogens is 1. The molecule has 2 heterocycles. The maximum atomic E-state index is 13.4. The molecule has 2 aliphatic rings. The summed E-state index contributed by atoms with van der Waals surface area (Å²) in [6.45, 7) is 5.92. The van der Waals surface area contributed by atoms with E-state index in [1.807, 2.05) is 36.4 Å². The van der Waals surface area contributed by atoms with Crippen molar-refractivity contribution in [2.45, 2.75) is 24.7 Å². The highest BCUT2D eigenvalue weighted by Gasteiger charge is 2.41. The summed E-state index contributed by atoms with van der Waals surface area (Å²) in [4.78, 5) is 15.8. The number of nitrogens with one attached hydrogen (secondary N) is 1. The van der Waals surface area contributed by atoms with Crippen LogP contribution in [0.25, 0.3) is 0 Å². The number of carbonyl (C=O) groups is 1. The molecule has 1 amide bonds. The summed E-state index contributed by atoms with van der Waals surface area (Å²) in [6, 6.07) is 16.4. The summed E-state index contributed by atoms with van der Waals surface area (Å²) in [7, 11) is 0. The third-order valence-electron chi connectivity index (χ3n) is 6.21. The van der Waals surface area contributed by atoms with Crippen LogP contribution in [0.5, 0.6) is 0 Å². The fourth-order valence-corrected chi connectivity index (χ4v) is 4.52. The van der Waals surface area contributed by atoms with Crippen molar-refractivity contribution >= 4 is 27.5 Å². The maximum absolute atomic E-state index is 13.4. The Morgan fingerprint density at radius 3 is 2.23 bits per heavy atom. The average molecular weight is 473 g/mol. The molecule has 2 aliphatic heterocycles. The summed E-state index contributed by atoms with van der Waals surface area (Å²) in [5.41, 5.74) is 2.63. The highest BCUT2D eigenvalue weighted by Crippen LogP contribution is 2.36. The molecule has 4 rings (SSSR count). The van der Waals surface area contributed by atoms with Gasteiger partial charge >= 0.3 is 0 Å². The lowest BCUT2D eigenvalue weighted by Crippen LogP contribution is -2.44. The zero-order chi connectivity index (χ0) is 20.8. The van der Waals surface area contributed by atoms with Gasteiger partial charge < -0.3 is 14.8 Å². The lowest BCUT2D eigenvalue weighted by atomic mass is 9.73. The Kier molecular flexibility index (Phi) is 7.20. The predicted octanol–water partition coefficient (Wildman–Crippen LogP) is 4.01. The van der Waals surface area contributed by atoms with Crippen molar-refractivity contribution in [3.63, 3.8) is 0 Å². The van der Waals surface area contributed by atoms with E-state index < -0.39 is 5.41 Å². The van der Waals surface area contributed by atoms with Gasteiger partial charge in [-0.05, 0) is 54.7 Å². The van der Waals surface area contributed by atoms with Gasteiger partial charge in [-0.15, -0.1) is 0 Å². The van der Waals surface area contributed by atoms with E-state index in [2.05, 4.69) is 38.3 Å². The first-order chi connectivity index (χ1) is 14.7. The minimum Gasteiger partial charge on any atom is -0.381 e. The van der Waals surface area contributed by atoms with Crippen LogP contribution in [-0.4, -0.2) is 56.9 Å². The summed E-state index contributed by atoms with van der Waals surface area (Å²) in [5, 5.41) is 3.17. The molecular formula is C24H29BrN2O3. The number of carbonyl (C=O) groups excluding carboxylic acids is 1. The van der Waals surface area contributed by atoms with Crippen molar-refractivity contribution in [3.05, 3.63) is 64.1 Å². The molecule has 160 valence electrons. The minimum absolute atomic E-state index is 0.0502. The molecule has 1 N–H and O–H groups in total. The smallest absolute Gasteiger partial charge is 0.235 e. The zero-order valence-corrected chi connectivity index (χ0v) is 18.8. The maximum Gasteiger partial charge on any atom is 0.235 e. The van der Waals surface area contributed by atoms with Gasteiger partial charge in [0.05, 0.1) is 18.6 Å². The number of hydrogen-bond donors (Lipinski definition) is 1. The number of anilines is 1. The number of amides is 1. The van der Waals surface area contributed by atoms with Gasteiger partial charge in [-0.1, -0.05) is 40.2 Å². The van der Waals surface area contributed by atoms with Gasteiger partial charge in [-0.25, -0.2) is 0 Å². The largest absolute Gasteiger partial charge is 0.381 e. The van der Waals surface area contributed by atoms with Gasteiger partial charge in [0.15, 0.2) is 0 Å². The molecule has 0 atom stereocenters. The fraction of sp³-hybridized carbons (Fsp3) is 0.458. The van der Waals surface area contributed by atoms with Gasteiger partial charge in [-0.3, -0.25) is 9.69 Å². The van der Waals surface area contributed by atoms with Crippen molar-refractivity contribution in [2.24, 2.45) is 0 Å². The SMILES string of the molecule is O=C(Nc1ccc(CCN2CCOCC2)cc1)C1(c2ccc(Br)cc2)CCOCC1. The van der Waals surface area contributed by atoms with Gasteiger partial charge in [0.25, 0.3) is 0 Å². The average Bonchev–Trinajstić information content (AvgIpc) is 2.80. The second-order valence-electron chi connectivity index (χ2n) is 8.06. The van der Waals surface area contributed by atoms with E-state index >= 15 is 0 Å². The molecule has 0 spiro atoms.